The first-order valence-corrected chi connectivity index (χ1v) is 6.14. The number of rotatable bonds is 3. The summed E-state index contributed by atoms with van der Waals surface area (Å²) in [7, 11) is 0. The molecular formula is C15H17N3O. The number of hydrogen-bond donors (Lipinski definition) is 2. The first-order chi connectivity index (χ1) is 9.08. The van der Waals surface area contributed by atoms with Crippen LogP contribution in [-0.2, 0) is 6.54 Å². The van der Waals surface area contributed by atoms with Crippen molar-refractivity contribution in [1.82, 2.24) is 10.3 Å². The maximum Gasteiger partial charge on any atom is 0.251 e. The molecule has 0 aliphatic carbocycles. The van der Waals surface area contributed by atoms with Gasteiger partial charge in [0.25, 0.3) is 5.91 Å². The van der Waals surface area contributed by atoms with Crippen molar-refractivity contribution < 1.29 is 4.79 Å². The summed E-state index contributed by atoms with van der Waals surface area (Å²) in [6.07, 6.45) is 0. The number of nitrogens with one attached hydrogen (secondary N) is 1. The molecule has 1 aromatic carbocycles. The van der Waals surface area contributed by atoms with Crippen molar-refractivity contribution in [3.63, 3.8) is 0 Å². The highest BCUT2D eigenvalue weighted by Crippen LogP contribution is 2.15. The molecule has 2 rings (SSSR count). The molecule has 0 aliphatic rings. The van der Waals surface area contributed by atoms with Gasteiger partial charge < -0.3 is 11.1 Å². The minimum Gasteiger partial charge on any atom is -0.398 e. The minimum absolute atomic E-state index is 0.131. The molecule has 4 nitrogen and oxygen atoms in total. The summed E-state index contributed by atoms with van der Waals surface area (Å²) in [5.41, 5.74) is 9.61. The molecule has 4 heteroatoms. The maximum atomic E-state index is 12.1. The van der Waals surface area contributed by atoms with Gasteiger partial charge in [-0.25, -0.2) is 0 Å². The maximum absolute atomic E-state index is 12.1. The van der Waals surface area contributed by atoms with Gasteiger partial charge in [-0.3, -0.25) is 9.78 Å². The van der Waals surface area contributed by atoms with E-state index in [9.17, 15) is 4.79 Å². The van der Waals surface area contributed by atoms with Gasteiger partial charge in [0.15, 0.2) is 0 Å². The molecular weight excluding hydrogens is 238 g/mol. The van der Waals surface area contributed by atoms with Gasteiger partial charge in [-0.2, -0.15) is 0 Å². The topological polar surface area (TPSA) is 68.0 Å². The zero-order valence-electron chi connectivity index (χ0n) is 11.1. The van der Waals surface area contributed by atoms with Crippen molar-refractivity contribution in [2.75, 3.05) is 5.73 Å². The van der Waals surface area contributed by atoms with Crippen LogP contribution in [0.25, 0.3) is 0 Å². The fourth-order valence-electron chi connectivity index (χ4n) is 1.86. The SMILES string of the molecule is Cc1cccc(CNC(=O)c2cccc(N)c2C)n1. The van der Waals surface area contributed by atoms with E-state index in [2.05, 4.69) is 10.3 Å². The van der Waals surface area contributed by atoms with E-state index in [4.69, 9.17) is 5.73 Å². The molecule has 0 bridgehead atoms. The smallest absolute Gasteiger partial charge is 0.251 e. The largest absolute Gasteiger partial charge is 0.398 e. The molecule has 0 saturated carbocycles. The van der Waals surface area contributed by atoms with Crippen molar-refractivity contribution in [2.24, 2.45) is 0 Å². The molecule has 1 heterocycles. The number of pyridine rings is 1. The number of amides is 1. The number of aryl methyl sites for hydroxylation is 1. The number of aromatic nitrogens is 1. The molecule has 2 aromatic rings. The lowest BCUT2D eigenvalue weighted by atomic mass is 10.1. The standard InChI is InChI=1S/C15H17N3O/c1-10-5-3-6-12(18-10)9-17-15(19)13-7-4-8-14(16)11(13)2/h3-8H,9,16H2,1-2H3,(H,17,19). The van der Waals surface area contributed by atoms with E-state index >= 15 is 0 Å². The Morgan fingerprint density at radius 3 is 2.68 bits per heavy atom. The number of benzene rings is 1. The Bertz CT molecular complexity index is 608. The van der Waals surface area contributed by atoms with Crippen molar-refractivity contribution in [3.05, 3.63) is 58.9 Å². The van der Waals surface area contributed by atoms with Crippen LogP contribution in [0.3, 0.4) is 0 Å². The van der Waals surface area contributed by atoms with E-state index < -0.39 is 0 Å². The zero-order chi connectivity index (χ0) is 13.8. The lowest BCUT2D eigenvalue weighted by Crippen LogP contribution is -2.24. The molecule has 1 amide bonds. The van der Waals surface area contributed by atoms with Gasteiger partial charge in [0.1, 0.15) is 0 Å². The van der Waals surface area contributed by atoms with Crippen LogP contribution in [-0.4, -0.2) is 10.9 Å². The Hall–Kier alpha value is -2.36. The molecule has 0 fully saturated rings. The number of carbonyl (C=O) groups excluding carboxylic acids is 1. The van der Waals surface area contributed by atoms with E-state index in [1.54, 1.807) is 18.2 Å². The van der Waals surface area contributed by atoms with Crippen LogP contribution in [0, 0.1) is 13.8 Å². The Morgan fingerprint density at radius 2 is 1.95 bits per heavy atom. The summed E-state index contributed by atoms with van der Waals surface area (Å²) in [6.45, 7) is 4.18. The molecule has 1 aromatic heterocycles. The van der Waals surface area contributed by atoms with Crippen molar-refractivity contribution in [2.45, 2.75) is 20.4 Å². The van der Waals surface area contributed by atoms with Crippen molar-refractivity contribution in [1.29, 1.82) is 0 Å². The molecule has 98 valence electrons. The van der Waals surface area contributed by atoms with E-state index in [1.165, 1.54) is 0 Å². The zero-order valence-corrected chi connectivity index (χ0v) is 11.1. The summed E-state index contributed by atoms with van der Waals surface area (Å²) in [4.78, 5) is 16.4. The second-order valence-corrected chi connectivity index (χ2v) is 4.47. The van der Waals surface area contributed by atoms with Gasteiger partial charge >= 0.3 is 0 Å². The highest BCUT2D eigenvalue weighted by Gasteiger charge is 2.10. The predicted octanol–water partition coefficient (Wildman–Crippen LogP) is 2.21. The molecule has 0 unspecified atom stereocenters. The van der Waals surface area contributed by atoms with Crippen LogP contribution in [0.4, 0.5) is 5.69 Å². The summed E-state index contributed by atoms with van der Waals surface area (Å²) in [5, 5.41) is 2.85. The van der Waals surface area contributed by atoms with Gasteiger partial charge in [-0.1, -0.05) is 12.1 Å². The first-order valence-electron chi connectivity index (χ1n) is 6.14. The number of nitrogens with zero attached hydrogens (tertiary/aromatic N) is 1. The van der Waals surface area contributed by atoms with Gasteiger partial charge in [0.05, 0.1) is 12.2 Å². The second kappa shape index (κ2) is 5.52. The van der Waals surface area contributed by atoms with E-state index in [0.717, 1.165) is 17.0 Å². The molecule has 0 atom stereocenters. The minimum atomic E-state index is -0.131. The fraction of sp³-hybridized carbons (Fsp3) is 0.200. The van der Waals surface area contributed by atoms with Gasteiger partial charge in [-0.05, 0) is 43.7 Å². The van der Waals surface area contributed by atoms with Crippen molar-refractivity contribution in [3.8, 4) is 0 Å². The average molecular weight is 255 g/mol. The number of nitrogen functional groups attached to an aromatic ring is 1. The average Bonchev–Trinajstić information content (AvgIpc) is 2.39. The summed E-state index contributed by atoms with van der Waals surface area (Å²) >= 11 is 0. The highest BCUT2D eigenvalue weighted by atomic mass is 16.1. The molecule has 3 N–H and O–H groups in total. The van der Waals surface area contributed by atoms with Crippen molar-refractivity contribution >= 4 is 11.6 Å². The molecule has 0 spiro atoms. The third kappa shape index (κ3) is 3.10. The van der Waals surface area contributed by atoms with Crippen LogP contribution < -0.4 is 11.1 Å². The predicted molar refractivity (Wildman–Crippen MR) is 75.7 cm³/mol. The van der Waals surface area contributed by atoms with E-state index in [-0.39, 0.29) is 5.91 Å². The lowest BCUT2D eigenvalue weighted by molar-refractivity contribution is 0.0950. The summed E-state index contributed by atoms with van der Waals surface area (Å²) in [5.74, 6) is -0.131. The Labute approximate surface area is 112 Å². The first kappa shape index (κ1) is 13.1. The molecule has 0 aliphatic heterocycles. The number of anilines is 1. The van der Waals surface area contributed by atoms with Crippen LogP contribution >= 0.6 is 0 Å². The van der Waals surface area contributed by atoms with Gasteiger partial charge in [0.2, 0.25) is 0 Å². The molecule has 19 heavy (non-hydrogen) atoms. The Kier molecular flexibility index (Phi) is 3.80. The number of hydrogen-bond acceptors (Lipinski definition) is 3. The normalized spacial score (nSPS) is 10.2. The number of carbonyl (C=O) groups is 1. The van der Waals surface area contributed by atoms with E-state index in [0.29, 0.717) is 17.8 Å². The van der Waals surface area contributed by atoms with Crippen LogP contribution in [0.2, 0.25) is 0 Å². The van der Waals surface area contributed by atoms with E-state index in [1.807, 2.05) is 32.0 Å². The monoisotopic (exact) mass is 255 g/mol. The highest BCUT2D eigenvalue weighted by molar-refractivity contribution is 5.96. The summed E-state index contributed by atoms with van der Waals surface area (Å²) in [6, 6.07) is 11.1. The van der Waals surface area contributed by atoms with Crippen LogP contribution in [0.1, 0.15) is 27.3 Å². The summed E-state index contributed by atoms with van der Waals surface area (Å²) < 4.78 is 0. The second-order valence-electron chi connectivity index (χ2n) is 4.47. The van der Waals surface area contributed by atoms with Crippen LogP contribution in [0.5, 0.6) is 0 Å². The third-order valence-corrected chi connectivity index (χ3v) is 3.00. The van der Waals surface area contributed by atoms with Gasteiger partial charge in [0, 0.05) is 16.9 Å². The molecule has 0 radical (unpaired) electrons. The van der Waals surface area contributed by atoms with Gasteiger partial charge in [-0.15, -0.1) is 0 Å². The third-order valence-electron chi connectivity index (χ3n) is 3.00. The van der Waals surface area contributed by atoms with Crippen LogP contribution in [0.15, 0.2) is 36.4 Å². The number of nitrogens with two attached hydrogens (primary N) is 1. The quantitative estimate of drug-likeness (QED) is 0.826. The Balaban J connectivity index is 2.08. The lowest BCUT2D eigenvalue weighted by Gasteiger charge is -2.09. The fourth-order valence-corrected chi connectivity index (χ4v) is 1.86. The molecule has 0 saturated heterocycles. The Morgan fingerprint density at radius 1 is 1.21 bits per heavy atom.